The maximum Gasteiger partial charge on any atom is 0.435 e. The molecule has 0 aliphatic carbocycles. The number of rotatable bonds is 4. The van der Waals surface area contributed by atoms with E-state index in [1.807, 2.05) is 0 Å². The van der Waals surface area contributed by atoms with Crippen LogP contribution in [0.3, 0.4) is 0 Å². The average molecular weight is 567 g/mol. The summed E-state index contributed by atoms with van der Waals surface area (Å²) in [5.74, 6) is -1.43. The predicted octanol–water partition coefficient (Wildman–Crippen LogP) is 6.45. The number of aromatic nitrogens is 5. The van der Waals surface area contributed by atoms with Gasteiger partial charge in [0.05, 0.1) is 23.7 Å². The second kappa shape index (κ2) is 10.2. The lowest BCUT2D eigenvalue weighted by Gasteiger charge is -2.18. The summed E-state index contributed by atoms with van der Waals surface area (Å²) >= 11 is 0. The summed E-state index contributed by atoms with van der Waals surface area (Å²) < 4.78 is 62.0. The molecule has 0 fully saturated rings. The zero-order chi connectivity index (χ0) is 29.5. The van der Waals surface area contributed by atoms with E-state index >= 15 is 4.39 Å². The van der Waals surface area contributed by atoms with Crippen LogP contribution < -0.4 is 5.32 Å². The summed E-state index contributed by atoms with van der Waals surface area (Å²) in [5, 5.41) is 10.9. The first-order valence-corrected chi connectivity index (χ1v) is 12.2. The highest BCUT2D eigenvalue weighted by Crippen LogP contribution is 2.31. The Kier molecular flexibility index (Phi) is 6.81. The van der Waals surface area contributed by atoms with Gasteiger partial charge in [-0.05, 0) is 63.2 Å². The number of halogens is 4. The number of carbonyl (C=O) groups is 2. The molecule has 5 aromatic rings. The van der Waals surface area contributed by atoms with E-state index in [1.165, 1.54) is 53.6 Å². The molecule has 9 nitrogen and oxygen atoms in total. The number of nitrogens with zero attached hydrogens (tertiary/aromatic N) is 5. The Morgan fingerprint density at radius 2 is 1.73 bits per heavy atom. The number of benzene rings is 2. The van der Waals surface area contributed by atoms with Gasteiger partial charge in [-0.2, -0.15) is 28.1 Å². The third-order valence-electron chi connectivity index (χ3n) is 5.83. The van der Waals surface area contributed by atoms with Crippen LogP contribution in [0.15, 0.2) is 73.3 Å². The quantitative estimate of drug-likeness (QED) is 0.251. The Bertz CT molecular complexity index is 1790. The van der Waals surface area contributed by atoms with Crippen molar-refractivity contribution in [3.63, 3.8) is 0 Å². The monoisotopic (exact) mass is 566 g/mol. The van der Waals surface area contributed by atoms with Crippen molar-refractivity contribution in [2.24, 2.45) is 0 Å². The van der Waals surface area contributed by atoms with Crippen LogP contribution >= 0.6 is 0 Å². The second-order valence-corrected chi connectivity index (χ2v) is 10.0. The van der Waals surface area contributed by atoms with E-state index in [4.69, 9.17) is 4.74 Å². The smallest absolute Gasteiger partial charge is 0.435 e. The number of amides is 1. The SMILES string of the molecule is CC(C)(C)OC(=O)n1cc(-c2cnn3c(-c4cc(NC(=O)c5cccc(C(F)(F)F)c5)ccc4F)ccnc23)cn1. The van der Waals surface area contributed by atoms with Gasteiger partial charge in [0.1, 0.15) is 11.4 Å². The fraction of sp³-hybridized carbons (Fsp3) is 0.179. The van der Waals surface area contributed by atoms with E-state index < -0.39 is 35.2 Å². The maximum absolute atomic E-state index is 15.0. The van der Waals surface area contributed by atoms with Crippen molar-refractivity contribution in [3.8, 4) is 22.4 Å². The van der Waals surface area contributed by atoms with Crippen molar-refractivity contribution >= 4 is 23.3 Å². The van der Waals surface area contributed by atoms with Gasteiger partial charge in [-0.15, -0.1) is 0 Å². The normalized spacial score (nSPS) is 12.0. The fourth-order valence-corrected chi connectivity index (χ4v) is 4.01. The number of alkyl halides is 3. The Morgan fingerprint density at radius 3 is 2.46 bits per heavy atom. The van der Waals surface area contributed by atoms with Gasteiger partial charge < -0.3 is 10.1 Å². The Morgan fingerprint density at radius 1 is 0.951 bits per heavy atom. The number of anilines is 1. The summed E-state index contributed by atoms with van der Waals surface area (Å²) in [6.07, 6.45) is 0.563. The van der Waals surface area contributed by atoms with Crippen LogP contribution in [-0.2, 0) is 10.9 Å². The lowest BCUT2D eigenvalue weighted by atomic mass is 10.1. The third kappa shape index (κ3) is 5.78. The average Bonchev–Trinajstić information content (AvgIpc) is 3.56. The molecule has 41 heavy (non-hydrogen) atoms. The van der Waals surface area contributed by atoms with Crippen molar-refractivity contribution in [3.05, 3.63) is 90.3 Å². The molecule has 5 rings (SSSR count). The highest BCUT2D eigenvalue weighted by Gasteiger charge is 2.31. The molecule has 0 bridgehead atoms. The molecule has 3 heterocycles. The molecule has 0 aliphatic heterocycles. The molecule has 0 spiro atoms. The Labute approximate surface area is 230 Å². The van der Waals surface area contributed by atoms with Crippen LogP contribution in [0.25, 0.3) is 28.0 Å². The topological polar surface area (TPSA) is 103 Å². The van der Waals surface area contributed by atoms with Gasteiger partial charge >= 0.3 is 12.3 Å². The van der Waals surface area contributed by atoms with E-state index in [2.05, 4.69) is 20.5 Å². The minimum absolute atomic E-state index is 0.0540. The van der Waals surface area contributed by atoms with E-state index in [0.717, 1.165) is 28.9 Å². The lowest BCUT2D eigenvalue weighted by Crippen LogP contribution is -2.27. The first-order valence-electron chi connectivity index (χ1n) is 12.2. The summed E-state index contributed by atoms with van der Waals surface area (Å²) in [5.41, 5.74) is -0.0319. The molecule has 3 aromatic heterocycles. The van der Waals surface area contributed by atoms with E-state index in [0.29, 0.717) is 16.8 Å². The van der Waals surface area contributed by atoms with Crippen molar-refractivity contribution in [2.45, 2.75) is 32.5 Å². The van der Waals surface area contributed by atoms with Crippen LogP contribution in [0.2, 0.25) is 0 Å². The molecule has 1 amide bonds. The minimum Gasteiger partial charge on any atom is -0.442 e. The predicted molar refractivity (Wildman–Crippen MR) is 141 cm³/mol. The van der Waals surface area contributed by atoms with Crippen molar-refractivity contribution in [1.29, 1.82) is 0 Å². The molecule has 2 aromatic carbocycles. The first kappa shape index (κ1) is 27.5. The highest BCUT2D eigenvalue weighted by atomic mass is 19.4. The number of hydrogen-bond donors (Lipinski definition) is 1. The molecule has 0 saturated carbocycles. The minimum atomic E-state index is -4.61. The van der Waals surface area contributed by atoms with Crippen LogP contribution in [0, 0.1) is 5.82 Å². The molecule has 210 valence electrons. The van der Waals surface area contributed by atoms with E-state index in [1.54, 1.807) is 20.8 Å². The van der Waals surface area contributed by atoms with Gasteiger partial charge in [-0.25, -0.2) is 18.7 Å². The number of carbonyl (C=O) groups excluding carboxylic acids is 2. The van der Waals surface area contributed by atoms with Crippen molar-refractivity contribution in [2.75, 3.05) is 5.32 Å². The molecule has 13 heteroatoms. The standard InChI is InChI=1S/C28H22F4N6O3/c1-27(2,3)41-26(40)37-15-17(13-34-37)21-14-35-38-23(9-10-33-24(21)38)20-12-19(7-8-22(20)29)36-25(39)16-5-4-6-18(11-16)28(30,31)32/h4-15H,1-3H3,(H,36,39). The third-order valence-corrected chi connectivity index (χ3v) is 5.83. The number of hydrogen-bond acceptors (Lipinski definition) is 6. The van der Waals surface area contributed by atoms with Gasteiger partial charge in [0.2, 0.25) is 0 Å². The van der Waals surface area contributed by atoms with Gasteiger partial charge in [-0.1, -0.05) is 6.07 Å². The van der Waals surface area contributed by atoms with Crippen LogP contribution in [-0.4, -0.2) is 42.0 Å². The Hall–Kier alpha value is -5.07. The summed E-state index contributed by atoms with van der Waals surface area (Å²) in [6.45, 7) is 5.20. The van der Waals surface area contributed by atoms with E-state index in [9.17, 15) is 22.8 Å². The second-order valence-electron chi connectivity index (χ2n) is 10.0. The number of fused-ring (bicyclic) bond motifs is 1. The van der Waals surface area contributed by atoms with Crippen LogP contribution in [0.4, 0.5) is 28.0 Å². The van der Waals surface area contributed by atoms with Crippen molar-refractivity contribution in [1.82, 2.24) is 24.4 Å². The molecule has 0 unspecified atom stereocenters. The molecular weight excluding hydrogens is 544 g/mol. The highest BCUT2D eigenvalue weighted by molar-refractivity contribution is 6.04. The fourth-order valence-electron chi connectivity index (χ4n) is 4.01. The zero-order valence-corrected chi connectivity index (χ0v) is 21.9. The van der Waals surface area contributed by atoms with Crippen molar-refractivity contribution < 1.29 is 31.9 Å². The summed E-state index contributed by atoms with van der Waals surface area (Å²) in [4.78, 5) is 29.4. The molecule has 0 radical (unpaired) electrons. The first-order chi connectivity index (χ1) is 19.3. The molecule has 0 aliphatic rings. The Balaban J connectivity index is 1.45. The van der Waals surface area contributed by atoms with Crippen LogP contribution in [0.5, 0.6) is 0 Å². The molecule has 1 N–H and O–H groups in total. The molecule has 0 saturated heterocycles. The largest absolute Gasteiger partial charge is 0.442 e. The van der Waals surface area contributed by atoms with Gasteiger partial charge in [-0.3, -0.25) is 4.79 Å². The number of ether oxygens (including phenoxy) is 1. The number of nitrogens with one attached hydrogen (secondary N) is 1. The van der Waals surface area contributed by atoms with E-state index in [-0.39, 0.29) is 22.5 Å². The molecular formula is C28H22F4N6O3. The van der Waals surface area contributed by atoms with Gasteiger partial charge in [0, 0.05) is 40.3 Å². The molecule has 0 atom stereocenters. The van der Waals surface area contributed by atoms with Gasteiger partial charge in [0.25, 0.3) is 5.91 Å². The lowest BCUT2D eigenvalue weighted by molar-refractivity contribution is -0.137. The zero-order valence-electron chi connectivity index (χ0n) is 21.9. The maximum atomic E-state index is 15.0. The van der Waals surface area contributed by atoms with Crippen LogP contribution in [0.1, 0.15) is 36.7 Å². The van der Waals surface area contributed by atoms with Gasteiger partial charge in [0.15, 0.2) is 5.65 Å². The summed E-state index contributed by atoms with van der Waals surface area (Å²) in [6, 6.07) is 9.26. The summed E-state index contributed by atoms with van der Waals surface area (Å²) in [7, 11) is 0.